The van der Waals surface area contributed by atoms with E-state index in [9.17, 15) is 5.11 Å². The summed E-state index contributed by atoms with van der Waals surface area (Å²) in [4.78, 5) is 0. The lowest BCUT2D eigenvalue weighted by Gasteiger charge is -2.11. The average molecular weight is 215 g/mol. The van der Waals surface area contributed by atoms with Gasteiger partial charge in [-0.1, -0.05) is 11.6 Å². The molecule has 1 atom stereocenters. The van der Waals surface area contributed by atoms with Crippen LogP contribution >= 0.6 is 11.6 Å². The smallest absolute Gasteiger partial charge is 0.0836 e. The number of halogens is 1. The molecule has 3 nitrogen and oxygen atoms in total. The van der Waals surface area contributed by atoms with Gasteiger partial charge in [-0.3, -0.25) is 0 Å². The van der Waals surface area contributed by atoms with Gasteiger partial charge in [0, 0.05) is 23.8 Å². The molecule has 0 aliphatic carbocycles. The molecule has 1 aromatic rings. The molecule has 4 heteroatoms. The molecule has 78 valence electrons. The van der Waals surface area contributed by atoms with E-state index in [0.29, 0.717) is 18.1 Å². The van der Waals surface area contributed by atoms with E-state index >= 15 is 0 Å². The first-order valence-corrected chi connectivity index (χ1v) is 4.92. The maximum Gasteiger partial charge on any atom is 0.0836 e. The van der Waals surface area contributed by atoms with Crippen molar-refractivity contribution in [1.29, 1.82) is 0 Å². The summed E-state index contributed by atoms with van der Waals surface area (Å²) in [5, 5.41) is 16.1. The van der Waals surface area contributed by atoms with Crippen LogP contribution in [-0.4, -0.2) is 31.3 Å². The number of anilines is 1. The molecule has 3 N–H and O–H groups in total. The Morgan fingerprint density at radius 2 is 1.93 bits per heavy atom. The quantitative estimate of drug-likeness (QED) is 0.693. The number of aliphatic hydroxyl groups is 1. The molecule has 0 radical (unpaired) electrons. The third kappa shape index (κ3) is 3.96. The first-order chi connectivity index (χ1) is 6.72. The normalized spacial score (nSPS) is 12.5. The largest absolute Gasteiger partial charge is 0.390 e. The topological polar surface area (TPSA) is 44.3 Å². The fraction of sp³-hybridized carbons (Fsp3) is 0.400. The zero-order chi connectivity index (χ0) is 10.4. The minimum atomic E-state index is -0.379. The third-order valence-electron chi connectivity index (χ3n) is 1.83. The van der Waals surface area contributed by atoms with E-state index < -0.39 is 0 Å². The molecule has 0 saturated carbocycles. The molecule has 0 fully saturated rings. The van der Waals surface area contributed by atoms with E-state index in [1.807, 2.05) is 31.3 Å². The molecule has 0 aliphatic rings. The van der Waals surface area contributed by atoms with Crippen molar-refractivity contribution in [1.82, 2.24) is 5.32 Å². The highest BCUT2D eigenvalue weighted by molar-refractivity contribution is 6.30. The van der Waals surface area contributed by atoms with Crippen molar-refractivity contribution in [2.75, 3.05) is 25.5 Å². The first-order valence-electron chi connectivity index (χ1n) is 4.54. The summed E-state index contributed by atoms with van der Waals surface area (Å²) in [5.74, 6) is 0. The molecule has 0 heterocycles. The summed E-state index contributed by atoms with van der Waals surface area (Å²) in [6.45, 7) is 1.11. The van der Waals surface area contributed by atoms with Crippen molar-refractivity contribution >= 4 is 17.3 Å². The highest BCUT2D eigenvalue weighted by Crippen LogP contribution is 2.12. The van der Waals surface area contributed by atoms with Crippen LogP contribution in [0.2, 0.25) is 5.02 Å². The zero-order valence-corrected chi connectivity index (χ0v) is 8.88. The number of aliphatic hydroxyl groups excluding tert-OH is 1. The van der Waals surface area contributed by atoms with E-state index in [4.69, 9.17) is 11.6 Å². The molecule has 0 amide bonds. The van der Waals surface area contributed by atoms with Crippen molar-refractivity contribution in [2.45, 2.75) is 6.10 Å². The molecule has 0 bridgehead atoms. The summed E-state index contributed by atoms with van der Waals surface area (Å²) in [5.41, 5.74) is 0.963. The van der Waals surface area contributed by atoms with Crippen LogP contribution in [0.5, 0.6) is 0 Å². The van der Waals surface area contributed by atoms with Crippen LogP contribution in [-0.2, 0) is 0 Å². The van der Waals surface area contributed by atoms with Gasteiger partial charge in [0.1, 0.15) is 0 Å². The molecular formula is C10H15ClN2O. The van der Waals surface area contributed by atoms with E-state index in [0.717, 1.165) is 5.69 Å². The van der Waals surface area contributed by atoms with Crippen molar-refractivity contribution in [3.8, 4) is 0 Å². The molecule has 1 unspecified atom stereocenters. The van der Waals surface area contributed by atoms with Gasteiger partial charge in [-0.05, 0) is 31.3 Å². The number of nitrogens with one attached hydrogen (secondary N) is 2. The molecule has 0 saturated heterocycles. The lowest BCUT2D eigenvalue weighted by molar-refractivity contribution is 0.187. The van der Waals surface area contributed by atoms with Crippen molar-refractivity contribution in [2.24, 2.45) is 0 Å². The molecule has 0 aromatic heterocycles. The van der Waals surface area contributed by atoms with Gasteiger partial charge in [-0.2, -0.15) is 0 Å². The van der Waals surface area contributed by atoms with Crippen molar-refractivity contribution in [3.05, 3.63) is 29.3 Å². The number of rotatable bonds is 5. The fourth-order valence-corrected chi connectivity index (χ4v) is 1.24. The Labute approximate surface area is 89.1 Å². The average Bonchev–Trinajstić information content (AvgIpc) is 2.17. The number of likely N-dealkylation sites (N-methyl/N-ethyl adjacent to an activating group) is 1. The molecule has 0 aliphatic heterocycles. The SMILES string of the molecule is CNCC(O)CNc1ccc(Cl)cc1. The van der Waals surface area contributed by atoms with E-state index in [-0.39, 0.29) is 6.10 Å². The second-order valence-corrected chi connectivity index (χ2v) is 3.54. The van der Waals surface area contributed by atoms with Crippen LogP contribution in [0.3, 0.4) is 0 Å². The molecule has 1 aromatic carbocycles. The van der Waals surface area contributed by atoms with Gasteiger partial charge in [-0.15, -0.1) is 0 Å². The van der Waals surface area contributed by atoms with Gasteiger partial charge < -0.3 is 15.7 Å². The highest BCUT2D eigenvalue weighted by Gasteiger charge is 2.01. The predicted molar refractivity (Wildman–Crippen MR) is 59.9 cm³/mol. The molecular weight excluding hydrogens is 200 g/mol. The minimum absolute atomic E-state index is 0.379. The first kappa shape index (κ1) is 11.3. The Bertz CT molecular complexity index is 263. The number of hydrogen-bond acceptors (Lipinski definition) is 3. The van der Waals surface area contributed by atoms with Crippen molar-refractivity contribution in [3.63, 3.8) is 0 Å². The monoisotopic (exact) mass is 214 g/mol. The van der Waals surface area contributed by atoms with Crippen LogP contribution in [0.15, 0.2) is 24.3 Å². The van der Waals surface area contributed by atoms with E-state index in [2.05, 4.69) is 10.6 Å². The summed E-state index contributed by atoms with van der Waals surface area (Å²) in [6.07, 6.45) is -0.379. The minimum Gasteiger partial charge on any atom is -0.390 e. The zero-order valence-electron chi connectivity index (χ0n) is 8.13. The van der Waals surface area contributed by atoms with Crippen LogP contribution in [0.1, 0.15) is 0 Å². The van der Waals surface area contributed by atoms with Crippen LogP contribution < -0.4 is 10.6 Å². The number of benzene rings is 1. The second kappa shape index (κ2) is 5.86. The van der Waals surface area contributed by atoms with E-state index in [1.54, 1.807) is 0 Å². The Kier molecular flexibility index (Phi) is 4.73. The summed E-state index contributed by atoms with van der Waals surface area (Å²) >= 11 is 5.74. The lowest BCUT2D eigenvalue weighted by atomic mass is 10.3. The van der Waals surface area contributed by atoms with Crippen molar-refractivity contribution < 1.29 is 5.11 Å². The number of hydrogen-bond donors (Lipinski definition) is 3. The maximum atomic E-state index is 9.41. The predicted octanol–water partition coefficient (Wildman–Crippen LogP) is 1.33. The molecule has 0 spiro atoms. The maximum absolute atomic E-state index is 9.41. The van der Waals surface area contributed by atoms with Gasteiger partial charge in [0.05, 0.1) is 6.10 Å². The Morgan fingerprint density at radius 3 is 2.50 bits per heavy atom. The summed E-state index contributed by atoms with van der Waals surface area (Å²) in [7, 11) is 1.81. The fourth-order valence-electron chi connectivity index (χ4n) is 1.11. The Balaban J connectivity index is 2.34. The van der Waals surface area contributed by atoms with Gasteiger partial charge in [0.2, 0.25) is 0 Å². The Hall–Kier alpha value is -0.770. The van der Waals surface area contributed by atoms with Gasteiger partial charge in [0.25, 0.3) is 0 Å². The van der Waals surface area contributed by atoms with Gasteiger partial charge in [-0.25, -0.2) is 0 Å². The summed E-state index contributed by atoms with van der Waals surface area (Å²) < 4.78 is 0. The Morgan fingerprint density at radius 1 is 1.29 bits per heavy atom. The highest BCUT2D eigenvalue weighted by atomic mass is 35.5. The van der Waals surface area contributed by atoms with E-state index in [1.165, 1.54) is 0 Å². The molecule has 1 rings (SSSR count). The van der Waals surface area contributed by atoms with Gasteiger partial charge in [0.15, 0.2) is 0 Å². The molecule has 14 heavy (non-hydrogen) atoms. The second-order valence-electron chi connectivity index (χ2n) is 3.10. The summed E-state index contributed by atoms with van der Waals surface area (Å²) in [6, 6.07) is 7.39. The standard InChI is InChI=1S/C10H15ClN2O/c1-12-6-10(14)7-13-9-4-2-8(11)3-5-9/h2-5,10,12-14H,6-7H2,1H3. The lowest BCUT2D eigenvalue weighted by Crippen LogP contribution is -2.30. The van der Waals surface area contributed by atoms with Gasteiger partial charge >= 0.3 is 0 Å². The van der Waals surface area contributed by atoms with Crippen LogP contribution in [0.4, 0.5) is 5.69 Å². The van der Waals surface area contributed by atoms with Crippen LogP contribution in [0, 0.1) is 0 Å². The third-order valence-corrected chi connectivity index (χ3v) is 2.08. The van der Waals surface area contributed by atoms with Crippen LogP contribution in [0.25, 0.3) is 0 Å².